The molecule has 0 aromatic heterocycles. The summed E-state index contributed by atoms with van der Waals surface area (Å²) in [6, 6.07) is 0. The topological polar surface area (TPSA) is 74.2 Å². The number of aliphatic hydroxyl groups is 1. The Morgan fingerprint density at radius 3 is 2.48 bits per heavy atom. The molecule has 7 atom stereocenters. The molecule has 0 aromatic rings. The van der Waals surface area contributed by atoms with E-state index in [4.69, 9.17) is 18.9 Å². The van der Waals surface area contributed by atoms with Gasteiger partial charge < -0.3 is 24.1 Å². The molecule has 0 amide bonds. The van der Waals surface area contributed by atoms with Crippen molar-refractivity contribution in [3.8, 4) is 0 Å². The van der Waals surface area contributed by atoms with E-state index in [2.05, 4.69) is 39.8 Å². The van der Waals surface area contributed by atoms with Gasteiger partial charge in [0.25, 0.3) is 0 Å². The number of esters is 1. The molecule has 0 saturated carbocycles. The summed E-state index contributed by atoms with van der Waals surface area (Å²) in [7, 11) is 3.06. The minimum atomic E-state index is -0.628. The third-order valence-corrected chi connectivity index (χ3v) is 7.66. The summed E-state index contributed by atoms with van der Waals surface area (Å²) in [6.07, 6.45) is 15.7. The van der Waals surface area contributed by atoms with Crippen molar-refractivity contribution in [1.29, 1.82) is 0 Å². The van der Waals surface area contributed by atoms with Crippen LogP contribution in [0, 0.1) is 17.8 Å². The molecule has 2 rings (SSSR count). The van der Waals surface area contributed by atoms with Crippen LogP contribution in [0.15, 0.2) is 82.4 Å². The monoisotopic (exact) mass is 554 g/mol. The van der Waals surface area contributed by atoms with Crippen molar-refractivity contribution in [2.24, 2.45) is 17.8 Å². The van der Waals surface area contributed by atoms with Crippen LogP contribution in [0.5, 0.6) is 0 Å². The molecular formula is C34H50O6. The highest BCUT2D eigenvalue weighted by atomic mass is 16.6. The van der Waals surface area contributed by atoms with E-state index in [-0.39, 0.29) is 29.6 Å². The van der Waals surface area contributed by atoms with Gasteiger partial charge in [-0.2, -0.15) is 0 Å². The smallest absolute Gasteiger partial charge is 0.373 e. The molecule has 0 fully saturated rings. The highest BCUT2D eigenvalue weighted by Crippen LogP contribution is 2.28. The van der Waals surface area contributed by atoms with Crippen LogP contribution in [0.2, 0.25) is 0 Å². The highest BCUT2D eigenvalue weighted by molar-refractivity contribution is 5.87. The molecule has 2 heterocycles. The van der Waals surface area contributed by atoms with Gasteiger partial charge in [0.05, 0.1) is 13.2 Å². The van der Waals surface area contributed by atoms with Crippen molar-refractivity contribution in [2.45, 2.75) is 92.6 Å². The van der Waals surface area contributed by atoms with Crippen molar-refractivity contribution in [2.75, 3.05) is 14.2 Å². The van der Waals surface area contributed by atoms with Crippen LogP contribution in [0.1, 0.15) is 68.2 Å². The van der Waals surface area contributed by atoms with Crippen LogP contribution >= 0.6 is 0 Å². The maximum atomic E-state index is 13.4. The van der Waals surface area contributed by atoms with E-state index in [0.717, 1.165) is 35.3 Å². The normalized spacial score (nSPS) is 30.1. The lowest BCUT2D eigenvalue weighted by Gasteiger charge is -2.29. The SMILES string of the molecule is CCC1OC(C(C)=CC(C)C2OC(=O)C(OC)=CC(C)=CC(C)C(O)C(C)CC(C)=CC=CC2OC)=CC=C1C. The van der Waals surface area contributed by atoms with E-state index in [1.165, 1.54) is 12.7 Å². The Labute approximate surface area is 241 Å². The van der Waals surface area contributed by atoms with Gasteiger partial charge in [-0.05, 0) is 69.8 Å². The van der Waals surface area contributed by atoms with Crippen LogP contribution in [0.3, 0.4) is 0 Å². The quantitative estimate of drug-likeness (QED) is 0.352. The van der Waals surface area contributed by atoms with Crippen LogP contribution in [0.4, 0.5) is 0 Å². The van der Waals surface area contributed by atoms with Gasteiger partial charge in [0, 0.05) is 18.9 Å². The zero-order valence-corrected chi connectivity index (χ0v) is 26.1. The molecule has 1 N–H and O–H groups in total. The van der Waals surface area contributed by atoms with E-state index >= 15 is 0 Å². The predicted octanol–water partition coefficient (Wildman–Crippen LogP) is 7.15. The molecule has 7 unspecified atom stereocenters. The Balaban J connectivity index is 2.51. The van der Waals surface area contributed by atoms with Gasteiger partial charge >= 0.3 is 5.97 Å². The van der Waals surface area contributed by atoms with Crippen molar-refractivity contribution < 1.29 is 28.8 Å². The maximum absolute atomic E-state index is 13.4. The fraction of sp³-hybridized carbons (Fsp3) is 0.559. The molecule has 6 nitrogen and oxygen atoms in total. The van der Waals surface area contributed by atoms with Gasteiger partial charge in [-0.15, -0.1) is 0 Å². The number of allylic oxidation sites excluding steroid dienone is 8. The summed E-state index contributed by atoms with van der Waals surface area (Å²) in [5, 5.41) is 10.9. The largest absolute Gasteiger partial charge is 0.490 e. The number of hydrogen-bond acceptors (Lipinski definition) is 6. The van der Waals surface area contributed by atoms with Gasteiger partial charge in [-0.3, -0.25) is 0 Å². The Hall–Kier alpha value is -2.83. The summed E-state index contributed by atoms with van der Waals surface area (Å²) in [5.74, 6) is 0.0885. The summed E-state index contributed by atoms with van der Waals surface area (Å²) in [4.78, 5) is 13.4. The lowest BCUT2D eigenvalue weighted by atomic mass is 9.87. The van der Waals surface area contributed by atoms with E-state index in [1.807, 2.05) is 58.1 Å². The number of cyclic esters (lactones) is 1. The minimum absolute atomic E-state index is 0.0565. The molecule has 0 spiro atoms. The Bertz CT molecular complexity index is 1090. The number of carbonyl (C=O) groups is 1. The molecule has 222 valence electrons. The standard InChI is InChI=1S/C34H50O6/c1-11-28-23(4)15-16-29(39-28)24(5)20-27(8)33-30(37-9)14-12-13-21(2)17-25(6)32(35)26(7)18-22(3)19-31(38-10)34(36)40-33/h12-16,18-20,25-28,30,32-33,35H,11,17H2,1-10H3. The van der Waals surface area contributed by atoms with Crippen LogP contribution in [0.25, 0.3) is 0 Å². The predicted molar refractivity (Wildman–Crippen MR) is 161 cm³/mol. The number of hydrogen-bond donors (Lipinski definition) is 1. The van der Waals surface area contributed by atoms with Gasteiger partial charge in [-0.25, -0.2) is 4.79 Å². The van der Waals surface area contributed by atoms with Crippen LogP contribution in [-0.2, 0) is 23.7 Å². The molecule has 0 bridgehead atoms. The molecule has 2 aliphatic heterocycles. The second-order valence-corrected chi connectivity index (χ2v) is 11.3. The van der Waals surface area contributed by atoms with Crippen molar-refractivity contribution >= 4 is 5.97 Å². The third kappa shape index (κ3) is 9.38. The van der Waals surface area contributed by atoms with Crippen molar-refractivity contribution in [1.82, 2.24) is 0 Å². The molecule has 0 aliphatic carbocycles. The fourth-order valence-corrected chi connectivity index (χ4v) is 5.29. The van der Waals surface area contributed by atoms with Crippen molar-refractivity contribution in [3.63, 3.8) is 0 Å². The Morgan fingerprint density at radius 2 is 1.85 bits per heavy atom. The lowest BCUT2D eigenvalue weighted by Crippen LogP contribution is -2.37. The molecule has 0 saturated heterocycles. The average molecular weight is 555 g/mol. The maximum Gasteiger partial charge on any atom is 0.373 e. The zero-order chi connectivity index (χ0) is 30.0. The van der Waals surface area contributed by atoms with Crippen LogP contribution < -0.4 is 0 Å². The van der Waals surface area contributed by atoms with E-state index in [0.29, 0.717) is 0 Å². The minimum Gasteiger partial charge on any atom is -0.490 e. The number of ether oxygens (including phenoxy) is 4. The molecule has 6 heteroatoms. The third-order valence-electron chi connectivity index (χ3n) is 7.66. The highest BCUT2D eigenvalue weighted by Gasteiger charge is 2.31. The Kier molecular flexibility index (Phi) is 13.2. The number of carbonyl (C=O) groups excluding carboxylic acids is 1. The summed E-state index contributed by atoms with van der Waals surface area (Å²) in [6.45, 7) is 16.2. The molecule has 2 aliphatic rings. The number of rotatable bonds is 6. The number of aliphatic hydroxyl groups excluding tert-OH is 1. The first-order valence-corrected chi connectivity index (χ1v) is 14.4. The summed E-state index contributed by atoms with van der Waals surface area (Å²) >= 11 is 0. The molecule has 0 radical (unpaired) electrons. The zero-order valence-electron chi connectivity index (χ0n) is 26.1. The van der Waals surface area contributed by atoms with Gasteiger partial charge in [-0.1, -0.05) is 75.3 Å². The average Bonchev–Trinajstić information content (AvgIpc) is 2.91. The summed E-state index contributed by atoms with van der Waals surface area (Å²) in [5.41, 5.74) is 4.13. The lowest BCUT2D eigenvalue weighted by molar-refractivity contribution is -0.155. The van der Waals surface area contributed by atoms with Gasteiger partial charge in [0.2, 0.25) is 5.76 Å². The summed E-state index contributed by atoms with van der Waals surface area (Å²) < 4.78 is 23.6. The van der Waals surface area contributed by atoms with Gasteiger partial charge in [0.15, 0.2) is 0 Å². The van der Waals surface area contributed by atoms with E-state index < -0.39 is 24.3 Å². The van der Waals surface area contributed by atoms with Gasteiger partial charge in [0.1, 0.15) is 24.1 Å². The van der Waals surface area contributed by atoms with Crippen LogP contribution in [-0.4, -0.2) is 49.7 Å². The first kappa shape index (κ1) is 33.4. The van der Waals surface area contributed by atoms with Crippen molar-refractivity contribution in [3.05, 3.63) is 82.4 Å². The fourth-order valence-electron chi connectivity index (χ4n) is 5.29. The molecule has 0 aromatic carbocycles. The Morgan fingerprint density at radius 1 is 1.15 bits per heavy atom. The second-order valence-electron chi connectivity index (χ2n) is 11.3. The first-order valence-electron chi connectivity index (χ1n) is 14.4. The first-order chi connectivity index (χ1) is 18.9. The van der Waals surface area contributed by atoms with E-state index in [9.17, 15) is 9.90 Å². The molecular weight excluding hydrogens is 504 g/mol. The van der Waals surface area contributed by atoms with E-state index in [1.54, 1.807) is 13.2 Å². The second kappa shape index (κ2) is 15.8. The number of methoxy groups -OCH3 is 2. The molecule has 40 heavy (non-hydrogen) atoms.